The summed E-state index contributed by atoms with van der Waals surface area (Å²) in [4.78, 5) is 47.2. The third-order valence-electron chi connectivity index (χ3n) is 6.51. The van der Waals surface area contributed by atoms with E-state index < -0.39 is 57.2 Å². The minimum atomic E-state index is -4.46. The number of carbonyl (C=O) groups is 2. The van der Waals surface area contributed by atoms with Gasteiger partial charge in [-0.3, -0.25) is 18.5 Å². The van der Waals surface area contributed by atoms with Crippen LogP contribution in [0, 0.1) is 0 Å². The number of methoxy groups -OCH3 is 1. The molecule has 1 unspecified atom stereocenters. The molecule has 39 heavy (non-hydrogen) atoms. The summed E-state index contributed by atoms with van der Waals surface area (Å²) in [6, 6.07) is 0.233. The number of halogens is 1. The Balaban J connectivity index is 1.41. The standard InChI is InChI=1S/C21H30ClN6O10P/c1-27(13(29)8-39(33,34)37-10-36-21(32)35-2)7-12-15(30)16(31)19(38-12)28-9-23-14-17(24-11-5-3-4-6-11)25-20(22)26-18(14)28/h9,11-12,15-16,19,30-31H,3-8,10H2,1-2H3,(H,33,34)(H,24,25,26)/t12-,15-,16-,19-/m1/s1. The van der Waals surface area contributed by atoms with Crippen LogP contribution in [0.2, 0.25) is 5.28 Å². The molecule has 3 heterocycles. The molecule has 1 saturated heterocycles. The Morgan fingerprint density at radius 2 is 2.00 bits per heavy atom. The van der Waals surface area contributed by atoms with Crippen molar-refractivity contribution in [1.29, 1.82) is 0 Å². The molecule has 1 aliphatic carbocycles. The summed E-state index contributed by atoms with van der Waals surface area (Å²) in [7, 11) is -2.09. The molecule has 0 spiro atoms. The predicted octanol–water partition coefficient (Wildman–Crippen LogP) is 0.854. The van der Waals surface area contributed by atoms with Crippen molar-refractivity contribution in [3.05, 3.63) is 11.6 Å². The highest BCUT2D eigenvalue weighted by molar-refractivity contribution is 7.53. The minimum Gasteiger partial charge on any atom is -0.438 e. The van der Waals surface area contributed by atoms with Gasteiger partial charge >= 0.3 is 13.8 Å². The minimum absolute atomic E-state index is 0.0349. The zero-order valence-electron chi connectivity index (χ0n) is 21.2. The highest BCUT2D eigenvalue weighted by Crippen LogP contribution is 2.42. The van der Waals surface area contributed by atoms with Gasteiger partial charge in [-0.25, -0.2) is 9.78 Å². The first-order chi connectivity index (χ1) is 18.5. The lowest BCUT2D eigenvalue weighted by molar-refractivity contribution is -0.130. The largest absolute Gasteiger partial charge is 0.510 e. The van der Waals surface area contributed by atoms with Gasteiger partial charge in [0, 0.05) is 19.6 Å². The third-order valence-corrected chi connectivity index (χ3v) is 7.86. The molecule has 0 bridgehead atoms. The van der Waals surface area contributed by atoms with Crippen LogP contribution in [0.4, 0.5) is 10.6 Å². The predicted molar refractivity (Wildman–Crippen MR) is 134 cm³/mol. The van der Waals surface area contributed by atoms with Crippen molar-refractivity contribution < 1.29 is 48.0 Å². The number of ether oxygens (including phenoxy) is 3. The summed E-state index contributed by atoms with van der Waals surface area (Å²) in [6.07, 6.45) is -1.47. The van der Waals surface area contributed by atoms with Gasteiger partial charge in [0.2, 0.25) is 18.0 Å². The summed E-state index contributed by atoms with van der Waals surface area (Å²) in [5.74, 6) is -0.360. The molecule has 0 radical (unpaired) electrons. The number of imidazole rings is 1. The number of anilines is 1. The average Bonchev–Trinajstić information content (AvgIpc) is 3.60. The average molecular weight is 593 g/mol. The fraction of sp³-hybridized carbons (Fsp3) is 0.667. The number of fused-ring (bicyclic) bond motifs is 1. The summed E-state index contributed by atoms with van der Waals surface area (Å²) in [6.45, 7) is -1.12. The van der Waals surface area contributed by atoms with E-state index in [1.165, 1.54) is 17.9 Å². The Hall–Kier alpha value is -2.59. The summed E-state index contributed by atoms with van der Waals surface area (Å²) in [5.41, 5.74) is 0.701. The first-order valence-corrected chi connectivity index (χ1v) is 14.2. The van der Waals surface area contributed by atoms with Gasteiger partial charge in [-0.15, -0.1) is 0 Å². The maximum absolute atomic E-state index is 12.5. The lowest BCUT2D eigenvalue weighted by atomic mass is 10.1. The van der Waals surface area contributed by atoms with Crippen LogP contribution in [0.3, 0.4) is 0 Å². The molecule has 1 aliphatic heterocycles. The molecule has 1 amide bonds. The van der Waals surface area contributed by atoms with E-state index in [2.05, 4.69) is 34.3 Å². The van der Waals surface area contributed by atoms with Crippen molar-refractivity contribution in [3.63, 3.8) is 0 Å². The van der Waals surface area contributed by atoms with Crippen LogP contribution in [0.5, 0.6) is 0 Å². The van der Waals surface area contributed by atoms with Crippen LogP contribution < -0.4 is 5.32 Å². The zero-order chi connectivity index (χ0) is 28.3. The van der Waals surface area contributed by atoms with Gasteiger partial charge in [-0.2, -0.15) is 9.97 Å². The van der Waals surface area contributed by atoms with Crippen LogP contribution >= 0.6 is 19.2 Å². The number of aromatic nitrogens is 4. The Kier molecular flexibility index (Phi) is 9.26. The number of hydrogen-bond donors (Lipinski definition) is 4. The third kappa shape index (κ3) is 6.95. The van der Waals surface area contributed by atoms with E-state index in [0.29, 0.717) is 11.3 Å². The van der Waals surface area contributed by atoms with Gasteiger partial charge in [-0.05, 0) is 24.4 Å². The molecular weight excluding hydrogens is 563 g/mol. The molecule has 2 aliphatic rings. The lowest BCUT2D eigenvalue weighted by Gasteiger charge is -2.23. The molecule has 0 aromatic carbocycles. The van der Waals surface area contributed by atoms with E-state index in [-0.39, 0.29) is 23.5 Å². The Morgan fingerprint density at radius 3 is 2.69 bits per heavy atom. The number of carbonyl (C=O) groups excluding carboxylic acids is 2. The van der Waals surface area contributed by atoms with Crippen molar-refractivity contribution in [2.45, 2.75) is 56.3 Å². The molecule has 4 N–H and O–H groups in total. The number of nitrogens with zero attached hydrogens (tertiary/aromatic N) is 5. The van der Waals surface area contributed by atoms with Crippen molar-refractivity contribution in [2.24, 2.45) is 0 Å². The van der Waals surface area contributed by atoms with Crippen molar-refractivity contribution in [1.82, 2.24) is 24.4 Å². The number of aliphatic hydroxyl groups excluding tert-OH is 2. The number of aliphatic hydroxyl groups is 2. The quantitative estimate of drug-likeness (QED) is 0.131. The fourth-order valence-electron chi connectivity index (χ4n) is 4.47. The fourth-order valence-corrected chi connectivity index (χ4v) is 5.53. The summed E-state index contributed by atoms with van der Waals surface area (Å²) in [5, 5.41) is 24.7. The van der Waals surface area contributed by atoms with Gasteiger partial charge in [0.05, 0.1) is 13.4 Å². The van der Waals surface area contributed by atoms with Crippen LogP contribution in [0.25, 0.3) is 11.2 Å². The molecular formula is C21H30ClN6O10P. The highest BCUT2D eigenvalue weighted by Gasteiger charge is 2.45. The summed E-state index contributed by atoms with van der Waals surface area (Å²) < 4.78 is 32.6. The van der Waals surface area contributed by atoms with Crippen LogP contribution in [0.15, 0.2) is 6.33 Å². The van der Waals surface area contributed by atoms with Crippen LogP contribution in [0.1, 0.15) is 31.9 Å². The second-order valence-electron chi connectivity index (χ2n) is 9.25. The molecule has 2 aromatic rings. The molecule has 5 atom stereocenters. The maximum Gasteiger partial charge on any atom is 0.510 e. The van der Waals surface area contributed by atoms with E-state index in [1.807, 2.05) is 0 Å². The topological polar surface area (TPSA) is 208 Å². The molecule has 18 heteroatoms. The molecule has 4 rings (SSSR count). The molecule has 1 saturated carbocycles. The first kappa shape index (κ1) is 29.4. The van der Waals surface area contributed by atoms with Gasteiger partial charge in [0.25, 0.3) is 0 Å². The second-order valence-corrected chi connectivity index (χ2v) is 11.4. The Morgan fingerprint density at radius 1 is 1.28 bits per heavy atom. The van der Waals surface area contributed by atoms with Gasteiger partial charge in [-0.1, -0.05) is 12.8 Å². The Bertz CT molecular complexity index is 1240. The van der Waals surface area contributed by atoms with Gasteiger partial charge in [0.1, 0.15) is 24.5 Å². The van der Waals surface area contributed by atoms with Crippen molar-refractivity contribution >= 4 is 48.2 Å². The smallest absolute Gasteiger partial charge is 0.438 e. The van der Waals surface area contributed by atoms with E-state index in [0.717, 1.165) is 37.7 Å². The number of nitrogens with one attached hydrogen (secondary N) is 1. The molecule has 16 nitrogen and oxygen atoms in total. The van der Waals surface area contributed by atoms with E-state index in [4.69, 9.17) is 16.3 Å². The van der Waals surface area contributed by atoms with E-state index in [1.54, 1.807) is 0 Å². The van der Waals surface area contributed by atoms with Gasteiger partial charge < -0.3 is 39.5 Å². The Labute approximate surface area is 227 Å². The van der Waals surface area contributed by atoms with Crippen LogP contribution in [-0.4, -0.2) is 110 Å². The zero-order valence-corrected chi connectivity index (χ0v) is 22.8. The number of hydrogen-bond acceptors (Lipinski definition) is 13. The van der Waals surface area contributed by atoms with Crippen molar-refractivity contribution in [2.75, 3.05) is 39.0 Å². The van der Waals surface area contributed by atoms with Gasteiger partial charge in [0.15, 0.2) is 23.2 Å². The van der Waals surface area contributed by atoms with E-state index in [9.17, 15) is 29.3 Å². The molecule has 216 valence electrons. The number of amides is 1. The monoisotopic (exact) mass is 592 g/mol. The van der Waals surface area contributed by atoms with E-state index >= 15 is 0 Å². The number of likely N-dealkylation sites (N-methyl/N-ethyl adjacent to an activating group) is 1. The van der Waals surface area contributed by atoms with Crippen molar-refractivity contribution in [3.8, 4) is 0 Å². The first-order valence-electron chi connectivity index (χ1n) is 12.1. The molecule has 2 fully saturated rings. The summed E-state index contributed by atoms with van der Waals surface area (Å²) >= 11 is 6.17. The normalized spacial score (nSPS) is 25.0. The van der Waals surface area contributed by atoms with Crippen LogP contribution in [-0.2, 0) is 28.1 Å². The SMILES string of the molecule is COC(=O)OCOP(=O)(O)CC(=O)N(C)C[C@H]1O[C@@H](n2cnc3c(NC4CCCC4)nc(Cl)nc32)[C@H](O)[C@@H]1O. The maximum atomic E-state index is 12.5. The molecule has 2 aromatic heterocycles. The number of rotatable bonds is 10. The highest BCUT2D eigenvalue weighted by atomic mass is 35.5. The lowest BCUT2D eigenvalue weighted by Crippen LogP contribution is -2.41. The second kappa shape index (κ2) is 12.3.